The number of rotatable bonds is 5. The van der Waals surface area contributed by atoms with E-state index in [-0.39, 0.29) is 4.90 Å². The minimum atomic E-state index is -3.54. The summed E-state index contributed by atoms with van der Waals surface area (Å²) in [5, 5.41) is 0.698. The molecule has 102 valence electrons. The number of halogens is 1. The molecule has 4 nitrogen and oxygen atoms in total. The van der Waals surface area contributed by atoms with Gasteiger partial charge >= 0.3 is 0 Å². The number of sulfonamides is 1. The molecule has 0 aliphatic carbocycles. The number of hydrogen-bond donors (Lipinski definition) is 1. The van der Waals surface area contributed by atoms with Gasteiger partial charge in [0.05, 0.1) is 17.2 Å². The first-order valence-electron chi connectivity index (χ1n) is 5.73. The van der Waals surface area contributed by atoms with Crippen LogP contribution in [0.3, 0.4) is 0 Å². The Labute approximate surface area is 121 Å². The SMILES string of the molecule is C[C@H](NS(=O)(=O)c1ccc(CBr)cc1)c1ccco1. The van der Waals surface area contributed by atoms with Crippen molar-refractivity contribution in [2.24, 2.45) is 0 Å². The molecular formula is C13H14BrNO3S. The molecule has 2 aromatic rings. The summed E-state index contributed by atoms with van der Waals surface area (Å²) in [5.74, 6) is 0.584. The molecule has 0 saturated carbocycles. The second kappa shape index (κ2) is 5.90. The number of furan rings is 1. The standard InChI is InChI=1S/C13H14BrNO3S/c1-10(13-3-2-8-18-13)15-19(16,17)12-6-4-11(9-14)5-7-12/h2-8,10,15H,9H2,1H3/t10-/m0/s1. The Morgan fingerprint density at radius 3 is 2.47 bits per heavy atom. The Kier molecular flexibility index (Phi) is 4.44. The summed E-state index contributed by atoms with van der Waals surface area (Å²) in [6, 6.07) is 9.80. The Morgan fingerprint density at radius 1 is 1.26 bits per heavy atom. The van der Waals surface area contributed by atoms with Gasteiger partial charge in [-0.3, -0.25) is 0 Å². The molecule has 1 atom stereocenters. The van der Waals surface area contributed by atoms with Crippen LogP contribution >= 0.6 is 15.9 Å². The molecular weight excluding hydrogens is 330 g/mol. The fraction of sp³-hybridized carbons (Fsp3) is 0.231. The lowest BCUT2D eigenvalue weighted by Crippen LogP contribution is -2.26. The van der Waals surface area contributed by atoms with E-state index in [1.54, 1.807) is 43.3 Å². The average molecular weight is 344 g/mol. The van der Waals surface area contributed by atoms with E-state index in [9.17, 15) is 8.42 Å². The van der Waals surface area contributed by atoms with Crippen molar-refractivity contribution < 1.29 is 12.8 Å². The maximum absolute atomic E-state index is 12.2. The molecule has 1 aromatic heterocycles. The molecule has 0 amide bonds. The largest absolute Gasteiger partial charge is 0.468 e. The van der Waals surface area contributed by atoms with Gasteiger partial charge in [0, 0.05) is 5.33 Å². The second-order valence-electron chi connectivity index (χ2n) is 4.14. The highest BCUT2D eigenvalue weighted by atomic mass is 79.9. The monoisotopic (exact) mass is 343 g/mol. The predicted molar refractivity (Wildman–Crippen MR) is 76.5 cm³/mol. The Bertz CT molecular complexity index is 620. The molecule has 19 heavy (non-hydrogen) atoms. The van der Waals surface area contributed by atoms with E-state index in [0.29, 0.717) is 11.1 Å². The van der Waals surface area contributed by atoms with Crippen molar-refractivity contribution in [2.75, 3.05) is 0 Å². The summed E-state index contributed by atoms with van der Waals surface area (Å²) in [4.78, 5) is 0.246. The highest BCUT2D eigenvalue weighted by Gasteiger charge is 2.19. The van der Waals surface area contributed by atoms with Gasteiger partial charge < -0.3 is 4.42 Å². The fourth-order valence-corrected chi connectivity index (χ4v) is 3.24. The van der Waals surface area contributed by atoms with E-state index >= 15 is 0 Å². The summed E-state index contributed by atoms with van der Waals surface area (Å²) in [5.41, 5.74) is 1.03. The van der Waals surface area contributed by atoms with Crippen LogP contribution in [0.25, 0.3) is 0 Å². The van der Waals surface area contributed by atoms with Gasteiger partial charge in [0.25, 0.3) is 0 Å². The van der Waals surface area contributed by atoms with E-state index in [1.165, 1.54) is 6.26 Å². The van der Waals surface area contributed by atoms with Crippen molar-refractivity contribution in [2.45, 2.75) is 23.2 Å². The second-order valence-corrected chi connectivity index (χ2v) is 6.41. The number of alkyl halides is 1. The van der Waals surface area contributed by atoms with E-state index in [0.717, 1.165) is 5.56 Å². The molecule has 0 aliphatic heterocycles. The van der Waals surface area contributed by atoms with Crippen molar-refractivity contribution >= 4 is 26.0 Å². The molecule has 0 fully saturated rings. The number of nitrogens with one attached hydrogen (secondary N) is 1. The number of hydrogen-bond acceptors (Lipinski definition) is 3. The van der Waals surface area contributed by atoms with Crippen LogP contribution in [0.2, 0.25) is 0 Å². The lowest BCUT2D eigenvalue weighted by molar-refractivity contribution is 0.459. The highest BCUT2D eigenvalue weighted by Crippen LogP contribution is 2.18. The van der Waals surface area contributed by atoms with Gasteiger partial charge in [-0.2, -0.15) is 0 Å². The van der Waals surface area contributed by atoms with Crippen LogP contribution in [0.15, 0.2) is 52.0 Å². The highest BCUT2D eigenvalue weighted by molar-refractivity contribution is 9.08. The minimum Gasteiger partial charge on any atom is -0.468 e. The zero-order chi connectivity index (χ0) is 13.9. The first-order chi connectivity index (χ1) is 9.03. The molecule has 1 heterocycles. The molecule has 0 saturated heterocycles. The minimum absolute atomic E-state index is 0.246. The third-order valence-electron chi connectivity index (χ3n) is 2.69. The Hall–Kier alpha value is -1.11. The Morgan fingerprint density at radius 2 is 1.95 bits per heavy atom. The van der Waals surface area contributed by atoms with E-state index in [2.05, 4.69) is 20.7 Å². The molecule has 1 N–H and O–H groups in total. The summed E-state index contributed by atoms with van der Waals surface area (Å²) in [6.45, 7) is 1.74. The van der Waals surface area contributed by atoms with Gasteiger partial charge in [-0.25, -0.2) is 13.1 Å². The van der Waals surface area contributed by atoms with Crippen molar-refractivity contribution in [3.8, 4) is 0 Å². The van der Waals surface area contributed by atoms with E-state index < -0.39 is 16.1 Å². The smallest absolute Gasteiger partial charge is 0.241 e. The molecule has 0 aliphatic rings. The molecule has 0 spiro atoms. The summed E-state index contributed by atoms with van der Waals surface area (Å²) >= 11 is 3.32. The van der Waals surface area contributed by atoms with Crippen LogP contribution in [0.5, 0.6) is 0 Å². The zero-order valence-corrected chi connectivity index (χ0v) is 12.7. The van der Waals surface area contributed by atoms with Crippen molar-refractivity contribution in [3.63, 3.8) is 0 Å². The van der Waals surface area contributed by atoms with Crippen LogP contribution in [0.1, 0.15) is 24.3 Å². The normalized spacial score (nSPS) is 13.4. The summed E-state index contributed by atoms with van der Waals surface area (Å²) in [7, 11) is -3.54. The average Bonchev–Trinajstić information content (AvgIpc) is 2.92. The molecule has 6 heteroatoms. The van der Waals surface area contributed by atoms with Crippen molar-refractivity contribution in [1.82, 2.24) is 4.72 Å². The van der Waals surface area contributed by atoms with E-state index in [1.807, 2.05) is 0 Å². The van der Waals surface area contributed by atoms with Gasteiger partial charge in [-0.15, -0.1) is 0 Å². The topological polar surface area (TPSA) is 59.3 Å². The first-order valence-corrected chi connectivity index (χ1v) is 8.34. The zero-order valence-electron chi connectivity index (χ0n) is 10.3. The lowest BCUT2D eigenvalue weighted by Gasteiger charge is -2.12. The summed E-state index contributed by atoms with van der Waals surface area (Å²) < 4.78 is 32.1. The van der Waals surface area contributed by atoms with Gasteiger partial charge in [0.1, 0.15) is 5.76 Å². The predicted octanol–water partition coefficient (Wildman–Crippen LogP) is 3.21. The third kappa shape index (κ3) is 3.46. The molecule has 1 aromatic carbocycles. The van der Waals surface area contributed by atoms with Crippen molar-refractivity contribution in [1.29, 1.82) is 0 Å². The lowest BCUT2D eigenvalue weighted by atomic mass is 10.2. The Balaban J connectivity index is 2.17. The molecule has 0 bridgehead atoms. The fourth-order valence-electron chi connectivity index (χ4n) is 1.65. The summed E-state index contributed by atoms with van der Waals surface area (Å²) in [6.07, 6.45) is 1.52. The van der Waals surface area contributed by atoms with Gasteiger partial charge in [0.15, 0.2) is 0 Å². The number of benzene rings is 1. The van der Waals surface area contributed by atoms with E-state index in [4.69, 9.17) is 4.42 Å². The molecule has 0 unspecified atom stereocenters. The maximum atomic E-state index is 12.2. The van der Waals surface area contributed by atoms with Crippen LogP contribution in [0, 0.1) is 0 Å². The van der Waals surface area contributed by atoms with Gasteiger partial charge in [-0.05, 0) is 36.8 Å². The van der Waals surface area contributed by atoms with Crippen LogP contribution in [-0.2, 0) is 15.4 Å². The maximum Gasteiger partial charge on any atom is 0.241 e. The molecule has 2 rings (SSSR count). The van der Waals surface area contributed by atoms with Gasteiger partial charge in [0.2, 0.25) is 10.0 Å². The van der Waals surface area contributed by atoms with Crippen LogP contribution in [-0.4, -0.2) is 8.42 Å². The van der Waals surface area contributed by atoms with Gasteiger partial charge in [-0.1, -0.05) is 28.1 Å². The van der Waals surface area contributed by atoms with Crippen LogP contribution in [0.4, 0.5) is 0 Å². The van der Waals surface area contributed by atoms with Crippen molar-refractivity contribution in [3.05, 3.63) is 54.0 Å². The third-order valence-corrected chi connectivity index (χ3v) is 4.89. The quantitative estimate of drug-likeness (QED) is 0.848. The van der Waals surface area contributed by atoms with Crippen LogP contribution < -0.4 is 4.72 Å². The molecule has 0 radical (unpaired) electrons. The first kappa shape index (κ1) is 14.3.